The van der Waals surface area contributed by atoms with Crippen LogP contribution in [0.1, 0.15) is 64.4 Å². The van der Waals surface area contributed by atoms with Crippen molar-refractivity contribution in [1.29, 1.82) is 0 Å². The van der Waals surface area contributed by atoms with E-state index in [1.807, 2.05) is 0 Å². The van der Waals surface area contributed by atoms with Gasteiger partial charge in [0.1, 0.15) is 0 Å². The molecular formula is C19H32N2. The minimum Gasteiger partial charge on any atom is -0.382 e. The first kappa shape index (κ1) is 16.4. The van der Waals surface area contributed by atoms with Crippen molar-refractivity contribution < 1.29 is 0 Å². The van der Waals surface area contributed by atoms with E-state index in [1.165, 1.54) is 63.0 Å². The molecule has 2 unspecified atom stereocenters. The lowest BCUT2D eigenvalue weighted by molar-refractivity contribution is 0.285. The third kappa shape index (κ3) is 5.03. The molecule has 1 N–H and O–H groups in total. The van der Waals surface area contributed by atoms with Crippen molar-refractivity contribution in [3.05, 3.63) is 29.8 Å². The van der Waals surface area contributed by atoms with Gasteiger partial charge in [-0.15, -0.1) is 0 Å². The van der Waals surface area contributed by atoms with Crippen LogP contribution < -0.4 is 5.32 Å². The Balaban J connectivity index is 1.86. The zero-order chi connectivity index (χ0) is 15.1. The molecule has 0 saturated carbocycles. The van der Waals surface area contributed by atoms with Gasteiger partial charge in [-0.25, -0.2) is 0 Å². The van der Waals surface area contributed by atoms with Gasteiger partial charge in [0.05, 0.1) is 0 Å². The van der Waals surface area contributed by atoms with Crippen LogP contribution in [0.25, 0.3) is 0 Å². The van der Waals surface area contributed by atoms with E-state index in [1.54, 1.807) is 0 Å². The summed E-state index contributed by atoms with van der Waals surface area (Å²) in [5.41, 5.74) is 2.74. The molecule has 1 aromatic rings. The van der Waals surface area contributed by atoms with Crippen molar-refractivity contribution in [1.82, 2.24) is 4.90 Å². The molecule has 1 saturated heterocycles. The van der Waals surface area contributed by atoms with Crippen molar-refractivity contribution in [3.63, 3.8) is 0 Å². The number of hydrogen-bond acceptors (Lipinski definition) is 2. The standard InChI is InChI=1S/C19H32N2/c1-4-13-21-14-6-7-18(12-15-21)20-19-10-8-17(9-11-19)16(3)5-2/h8-11,16,18,20H,4-7,12-15H2,1-3H3. The zero-order valence-electron chi connectivity index (χ0n) is 14.1. The van der Waals surface area contributed by atoms with Crippen molar-refractivity contribution >= 4 is 5.69 Å². The van der Waals surface area contributed by atoms with E-state index in [-0.39, 0.29) is 0 Å². The smallest absolute Gasteiger partial charge is 0.0342 e. The number of benzene rings is 1. The minimum atomic E-state index is 0.640. The largest absolute Gasteiger partial charge is 0.382 e. The zero-order valence-corrected chi connectivity index (χ0v) is 14.1. The van der Waals surface area contributed by atoms with Crippen molar-refractivity contribution in [2.45, 2.75) is 64.8 Å². The van der Waals surface area contributed by atoms with Crippen LogP contribution in [0.15, 0.2) is 24.3 Å². The third-order valence-electron chi connectivity index (χ3n) is 4.82. The maximum atomic E-state index is 3.74. The van der Waals surface area contributed by atoms with Gasteiger partial charge in [0.25, 0.3) is 0 Å². The van der Waals surface area contributed by atoms with Gasteiger partial charge < -0.3 is 10.2 Å². The fourth-order valence-electron chi connectivity index (χ4n) is 3.22. The lowest BCUT2D eigenvalue weighted by Crippen LogP contribution is -2.27. The van der Waals surface area contributed by atoms with Gasteiger partial charge in [-0.3, -0.25) is 0 Å². The van der Waals surface area contributed by atoms with Gasteiger partial charge in [-0.05, 0) is 68.8 Å². The molecule has 1 fully saturated rings. The first-order valence-corrected chi connectivity index (χ1v) is 8.81. The fourth-order valence-corrected chi connectivity index (χ4v) is 3.22. The first-order chi connectivity index (χ1) is 10.2. The predicted molar refractivity (Wildman–Crippen MR) is 93.1 cm³/mol. The second kappa shape index (κ2) is 8.43. The Hall–Kier alpha value is -1.02. The molecule has 0 aromatic heterocycles. The summed E-state index contributed by atoms with van der Waals surface area (Å²) in [6.45, 7) is 10.6. The second-order valence-corrected chi connectivity index (χ2v) is 6.55. The van der Waals surface area contributed by atoms with E-state index in [0.717, 1.165) is 0 Å². The molecule has 1 aromatic carbocycles. The average molecular weight is 288 g/mol. The highest BCUT2D eigenvalue weighted by atomic mass is 15.1. The summed E-state index contributed by atoms with van der Waals surface area (Å²) >= 11 is 0. The van der Waals surface area contributed by atoms with Crippen LogP contribution in [-0.4, -0.2) is 30.6 Å². The summed E-state index contributed by atoms with van der Waals surface area (Å²) in [6.07, 6.45) is 6.38. The first-order valence-electron chi connectivity index (χ1n) is 8.81. The van der Waals surface area contributed by atoms with Crippen LogP contribution in [0.4, 0.5) is 5.69 Å². The number of anilines is 1. The highest BCUT2D eigenvalue weighted by molar-refractivity contribution is 5.46. The lowest BCUT2D eigenvalue weighted by atomic mass is 9.98. The topological polar surface area (TPSA) is 15.3 Å². The Bertz CT molecular complexity index is 399. The molecule has 0 aliphatic carbocycles. The lowest BCUT2D eigenvalue weighted by Gasteiger charge is -2.20. The highest BCUT2D eigenvalue weighted by Gasteiger charge is 2.16. The average Bonchev–Trinajstić information content (AvgIpc) is 2.73. The van der Waals surface area contributed by atoms with E-state index in [4.69, 9.17) is 0 Å². The summed E-state index contributed by atoms with van der Waals surface area (Å²) in [5.74, 6) is 0.666. The maximum absolute atomic E-state index is 3.74. The highest BCUT2D eigenvalue weighted by Crippen LogP contribution is 2.22. The second-order valence-electron chi connectivity index (χ2n) is 6.55. The molecule has 2 rings (SSSR count). The van der Waals surface area contributed by atoms with E-state index >= 15 is 0 Å². The maximum Gasteiger partial charge on any atom is 0.0342 e. The molecule has 2 heteroatoms. The molecule has 0 amide bonds. The quantitative estimate of drug-likeness (QED) is 0.803. The molecule has 1 aliphatic rings. The van der Waals surface area contributed by atoms with Gasteiger partial charge in [0.2, 0.25) is 0 Å². The van der Waals surface area contributed by atoms with Crippen LogP contribution in [-0.2, 0) is 0 Å². The van der Waals surface area contributed by atoms with Gasteiger partial charge >= 0.3 is 0 Å². The summed E-state index contributed by atoms with van der Waals surface area (Å²) in [6, 6.07) is 9.74. The van der Waals surface area contributed by atoms with Crippen LogP contribution >= 0.6 is 0 Å². The molecule has 1 heterocycles. The Morgan fingerprint density at radius 3 is 2.57 bits per heavy atom. The monoisotopic (exact) mass is 288 g/mol. The van der Waals surface area contributed by atoms with Crippen LogP contribution in [0, 0.1) is 0 Å². The normalized spacial score (nSPS) is 21.8. The molecule has 2 atom stereocenters. The molecule has 0 spiro atoms. The van der Waals surface area contributed by atoms with Crippen LogP contribution in [0.3, 0.4) is 0 Å². The Morgan fingerprint density at radius 2 is 1.90 bits per heavy atom. The van der Waals surface area contributed by atoms with Crippen molar-refractivity contribution in [2.24, 2.45) is 0 Å². The number of likely N-dealkylation sites (tertiary alicyclic amines) is 1. The SMILES string of the molecule is CCCN1CCCC(Nc2ccc(C(C)CC)cc2)CC1. The molecule has 21 heavy (non-hydrogen) atoms. The molecule has 118 valence electrons. The van der Waals surface area contributed by atoms with Gasteiger partial charge in [0, 0.05) is 18.3 Å². The van der Waals surface area contributed by atoms with Crippen LogP contribution in [0.5, 0.6) is 0 Å². The van der Waals surface area contributed by atoms with Gasteiger partial charge in [-0.1, -0.05) is 32.9 Å². The molecule has 0 radical (unpaired) electrons. The van der Waals surface area contributed by atoms with Crippen molar-refractivity contribution in [3.8, 4) is 0 Å². The Labute approximate surface area is 130 Å². The van der Waals surface area contributed by atoms with Crippen LogP contribution in [0.2, 0.25) is 0 Å². The van der Waals surface area contributed by atoms with Gasteiger partial charge in [-0.2, -0.15) is 0 Å². The van der Waals surface area contributed by atoms with E-state index in [9.17, 15) is 0 Å². The van der Waals surface area contributed by atoms with Gasteiger partial charge in [0.15, 0.2) is 0 Å². The number of nitrogens with zero attached hydrogens (tertiary/aromatic N) is 1. The molecular weight excluding hydrogens is 256 g/mol. The van der Waals surface area contributed by atoms with E-state index in [2.05, 4.69) is 55.3 Å². The molecule has 1 aliphatic heterocycles. The summed E-state index contributed by atoms with van der Waals surface area (Å²) < 4.78 is 0. The summed E-state index contributed by atoms with van der Waals surface area (Å²) in [5, 5.41) is 3.74. The Kier molecular flexibility index (Phi) is 6.56. The fraction of sp³-hybridized carbons (Fsp3) is 0.684. The van der Waals surface area contributed by atoms with E-state index in [0.29, 0.717) is 12.0 Å². The third-order valence-corrected chi connectivity index (χ3v) is 4.82. The number of rotatable bonds is 6. The summed E-state index contributed by atoms with van der Waals surface area (Å²) in [4.78, 5) is 2.62. The molecule has 0 bridgehead atoms. The van der Waals surface area contributed by atoms with Crippen molar-refractivity contribution in [2.75, 3.05) is 25.0 Å². The molecule has 2 nitrogen and oxygen atoms in total. The van der Waals surface area contributed by atoms with E-state index < -0.39 is 0 Å². The Morgan fingerprint density at radius 1 is 1.14 bits per heavy atom. The minimum absolute atomic E-state index is 0.640. The summed E-state index contributed by atoms with van der Waals surface area (Å²) in [7, 11) is 0. The number of hydrogen-bond donors (Lipinski definition) is 1. The predicted octanol–water partition coefficient (Wildman–Crippen LogP) is 4.88. The number of nitrogens with one attached hydrogen (secondary N) is 1.